The van der Waals surface area contributed by atoms with E-state index in [1.807, 2.05) is 12.1 Å². The number of pyridine rings is 1. The lowest BCUT2D eigenvalue weighted by Gasteiger charge is -2.11. The van der Waals surface area contributed by atoms with Gasteiger partial charge in [-0.1, -0.05) is 11.3 Å². The molecule has 2 aliphatic heterocycles. The molecule has 0 bridgehead atoms. The molecule has 11 heteroatoms. The summed E-state index contributed by atoms with van der Waals surface area (Å²) in [4.78, 5) is 30.3. The molecule has 152 valence electrons. The number of nitriles is 1. The molecule has 4 rings (SSSR count). The Morgan fingerprint density at radius 2 is 2.03 bits per heavy atom. The second kappa shape index (κ2) is 9.92. The van der Waals surface area contributed by atoms with E-state index in [0.717, 1.165) is 5.56 Å². The first-order valence-electron chi connectivity index (χ1n) is 9.12. The van der Waals surface area contributed by atoms with Gasteiger partial charge in [0.05, 0.1) is 6.20 Å². The Kier molecular flexibility index (Phi) is 7.07. The zero-order valence-corrected chi connectivity index (χ0v) is 16.5. The average Bonchev–Trinajstić information content (AvgIpc) is 3.43. The molecule has 0 aromatic carbocycles. The number of amides is 2. The molecule has 2 aromatic heterocycles. The van der Waals surface area contributed by atoms with E-state index < -0.39 is 0 Å². The van der Waals surface area contributed by atoms with E-state index in [2.05, 4.69) is 37.3 Å². The molecule has 2 aliphatic rings. The SMILES string of the molecule is N#Cc1cnc(Nc2cc(CNC3CNC(=O)C3)ccn2)s1.N[C@@H]1CNC(=O)C1. The third-order valence-corrected chi connectivity index (χ3v) is 5.07. The van der Waals surface area contributed by atoms with Gasteiger partial charge in [-0.3, -0.25) is 9.59 Å². The number of hydrogen-bond acceptors (Lipinski definition) is 9. The second-order valence-corrected chi connectivity index (χ2v) is 7.70. The molecule has 2 fully saturated rings. The van der Waals surface area contributed by atoms with Gasteiger partial charge < -0.3 is 27.0 Å². The summed E-state index contributed by atoms with van der Waals surface area (Å²) in [5.41, 5.74) is 6.41. The minimum Gasteiger partial charge on any atom is -0.354 e. The van der Waals surface area contributed by atoms with Gasteiger partial charge in [0.1, 0.15) is 16.8 Å². The van der Waals surface area contributed by atoms with E-state index in [1.165, 1.54) is 17.5 Å². The highest BCUT2D eigenvalue weighted by Crippen LogP contribution is 2.21. The Labute approximate surface area is 171 Å². The maximum absolute atomic E-state index is 11.1. The highest BCUT2D eigenvalue weighted by atomic mass is 32.1. The van der Waals surface area contributed by atoms with Gasteiger partial charge in [0, 0.05) is 50.8 Å². The van der Waals surface area contributed by atoms with Crippen LogP contribution in [0.25, 0.3) is 0 Å². The fourth-order valence-electron chi connectivity index (χ4n) is 2.78. The summed E-state index contributed by atoms with van der Waals surface area (Å²) in [6.45, 7) is 1.99. The number of carbonyl (C=O) groups is 2. The predicted molar refractivity (Wildman–Crippen MR) is 108 cm³/mol. The maximum Gasteiger partial charge on any atom is 0.221 e. The third-order valence-electron chi connectivity index (χ3n) is 4.26. The zero-order valence-electron chi connectivity index (χ0n) is 15.6. The molecular formula is C18H22N8O2S. The van der Waals surface area contributed by atoms with Crippen molar-refractivity contribution in [2.75, 3.05) is 18.4 Å². The molecule has 6 N–H and O–H groups in total. The minimum atomic E-state index is 0.0625. The Morgan fingerprint density at radius 1 is 1.24 bits per heavy atom. The number of hydrogen-bond donors (Lipinski definition) is 5. The molecule has 2 atom stereocenters. The third kappa shape index (κ3) is 6.49. The van der Waals surface area contributed by atoms with Crippen LogP contribution in [0, 0.1) is 11.3 Å². The molecule has 0 radical (unpaired) electrons. The molecule has 10 nitrogen and oxygen atoms in total. The lowest BCUT2D eigenvalue weighted by Crippen LogP contribution is -2.30. The lowest BCUT2D eigenvalue weighted by molar-refractivity contribution is -0.120. The van der Waals surface area contributed by atoms with E-state index in [0.29, 0.717) is 48.3 Å². The summed E-state index contributed by atoms with van der Waals surface area (Å²) in [5, 5.41) is 21.3. The highest BCUT2D eigenvalue weighted by Gasteiger charge is 2.20. The van der Waals surface area contributed by atoms with Gasteiger partial charge >= 0.3 is 0 Å². The van der Waals surface area contributed by atoms with Crippen LogP contribution >= 0.6 is 11.3 Å². The number of aromatic nitrogens is 2. The number of nitrogens with two attached hydrogens (primary N) is 1. The van der Waals surface area contributed by atoms with Crippen molar-refractivity contribution in [1.82, 2.24) is 25.9 Å². The van der Waals surface area contributed by atoms with E-state index in [-0.39, 0.29) is 23.9 Å². The standard InChI is InChI=1S/C14H14N6OS.C4H8N2O/c15-5-11-8-19-14(22-11)20-12-3-9(1-2-16-12)6-17-10-4-13(21)18-7-10;5-3-1-4(7)6-2-3/h1-3,8,10,17H,4,6-7H2,(H,18,21)(H,16,19,20);3H,1-2,5H2,(H,6,7)/t;3-/m.0/s1. The predicted octanol–water partition coefficient (Wildman–Crippen LogP) is -0.0349. The van der Waals surface area contributed by atoms with Crippen LogP contribution in [-0.4, -0.2) is 47.0 Å². The van der Waals surface area contributed by atoms with Crippen molar-refractivity contribution in [2.45, 2.75) is 31.5 Å². The van der Waals surface area contributed by atoms with E-state index >= 15 is 0 Å². The van der Waals surface area contributed by atoms with Crippen molar-refractivity contribution in [3.8, 4) is 6.07 Å². The first-order chi connectivity index (χ1) is 14.0. The monoisotopic (exact) mass is 414 g/mol. The Morgan fingerprint density at radius 3 is 2.62 bits per heavy atom. The van der Waals surface area contributed by atoms with Gasteiger partial charge in [0.25, 0.3) is 0 Å². The molecule has 2 aromatic rings. The van der Waals surface area contributed by atoms with Crippen LogP contribution < -0.4 is 27.0 Å². The average molecular weight is 414 g/mol. The van der Waals surface area contributed by atoms with Crippen LogP contribution in [0.4, 0.5) is 10.9 Å². The fourth-order valence-corrected chi connectivity index (χ4v) is 3.41. The highest BCUT2D eigenvalue weighted by molar-refractivity contribution is 7.16. The summed E-state index contributed by atoms with van der Waals surface area (Å²) in [6, 6.07) is 6.13. The first kappa shape index (κ1) is 20.7. The van der Waals surface area contributed by atoms with Crippen LogP contribution in [0.3, 0.4) is 0 Å². The fraction of sp³-hybridized carbons (Fsp3) is 0.389. The van der Waals surface area contributed by atoms with Crippen LogP contribution in [0.2, 0.25) is 0 Å². The number of anilines is 2. The van der Waals surface area contributed by atoms with Crippen molar-refractivity contribution < 1.29 is 9.59 Å². The largest absolute Gasteiger partial charge is 0.354 e. The Bertz CT molecular complexity index is 909. The summed E-state index contributed by atoms with van der Waals surface area (Å²) in [7, 11) is 0. The van der Waals surface area contributed by atoms with Gasteiger partial charge in [0.2, 0.25) is 11.8 Å². The van der Waals surface area contributed by atoms with Crippen molar-refractivity contribution in [1.29, 1.82) is 5.26 Å². The Hall–Kier alpha value is -3.07. The smallest absolute Gasteiger partial charge is 0.221 e. The van der Waals surface area contributed by atoms with Crippen molar-refractivity contribution in [3.63, 3.8) is 0 Å². The molecular weight excluding hydrogens is 392 g/mol. The normalized spacial score (nSPS) is 20.3. The van der Waals surface area contributed by atoms with Crippen LogP contribution in [0.15, 0.2) is 24.5 Å². The number of nitrogens with one attached hydrogen (secondary N) is 4. The number of nitrogens with zero attached hydrogens (tertiary/aromatic N) is 3. The van der Waals surface area contributed by atoms with E-state index in [9.17, 15) is 9.59 Å². The van der Waals surface area contributed by atoms with Crippen LogP contribution in [0.1, 0.15) is 23.3 Å². The molecule has 1 unspecified atom stereocenters. The van der Waals surface area contributed by atoms with Gasteiger partial charge in [-0.05, 0) is 17.7 Å². The molecule has 0 saturated carbocycles. The molecule has 2 saturated heterocycles. The lowest BCUT2D eigenvalue weighted by atomic mass is 10.2. The Balaban J connectivity index is 0.000000290. The van der Waals surface area contributed by atoms with Gasteiger partial charge in [-0.25, -0.2) is 9.97 Å². The number of thiazole rings is 1. The van der Waals surface area contributed by atoms with Crippen molar-refractivity contribution in [3.05, 3.63) is 35.0 Å². The number of carbonyl (C=O) groups excluding carboxylic acids is 2. The van der Waals surface area contributed by atoms with E-state index in [4.69, 9.17) is 11.0 Å². The maximum atomic E-state index is 11.1. The van der Waals surface area contributed by atoms with Crippen LogP contribution in [-0.2, 0) is 16.1 Å². The zero-order chi connectivity index (χ0) is 20.6. The first-order valence-corrected chi connectivity index (χ1v) is 9.93. The quantitative estimate of drug-likeness (QED) is 0.456. The van der Waals surface area contributed by atoms with Gasteiger partial charge in [0.15, 0.2) is 5.13 Å². The summed E-state index contributed by atoms with van der Waals surface area (Å²) >= 11 is 1.28. The summed E-state index contributed by atoms with van der Waals surface area (Å²) in [5.74, 6) is 0.845. The van der Waals surface area contributed by atoms with Crippen molar-refractivity contribution >= 4 is 34.1 Å². The summed E-state index contributed by atoms with van der Waals surface area (Å²) in [6.07, 6.45) is 4.27. The van der Waals surface area contributed by atoms with E-state index in [1.54, 1.807) is 6.20 Å². The molecule has 2 amide bonds. The minimum absolute atomic E-state index is 0.0625. The summed E-state index contributed by atoms with van der Waals surface area (Å²) < 4.78 is 0. The van der Waals surface area contributed by atoms with Gasteiger partial charge in [-0.15, -0.1) is 0 Å². The molecule has 0 spiro atoms. The molecule has 29 heavy (non-hydrogen) atoms. The van der Waals surface area contributed by atoms with Crippen molar-refractivity contribution in [2.24, 2.45) is 5.73 Å². The van der Waals surface area contributed by atoms with Gasteiger partial charge in [-0.2, -0.15) is 5.26 Å². The van der Waals surface area contributed by atoms with Crippen LogP contribution in [0.5, 0.6) is 0 Å². The topological polar surface area (TPSA) is 158 Å². The molecule has 0 aliphatic carbocycles. The molecule has 4 heterocycles. The number of rotatable bonds is 5. The second-order valence-electron chi connectivity index (χ2n) is 6.67.